The van der Waals surface area contributed by atoms with E-state index in [9.17, 15) is 10.1 Å². The third-order valence-corrected chi connectivity index (χ3v) is 6.76. The molecule has 1 saturated heterocycles. The Hall–Kier alpha value is -2.43. The smallest absolute Gasteiger partial charge is 0.239 e. The van der Waals surface area contributed by atoms with Crippen LogP contribution in [0.15, 0.2) is 24.4 Å². The van der Waals surface area contributed by atoms with Crippen LogP contribution >= 0.6 is 11.3 Å². The number of aromatic nitrogens is 1. The van der Waals surface area contributed by atoms with E-state index in [1.807, 2.05) is 24.4 Å². The maximum absolute atomic E-state index is 12.6. The highest BCUT2D eigenvalue weighted by Gasteiger charge is 2.25. The summed E-state index contributed by atoms with van der Waals surface area (Å²) in [6, 6.07) is 8.25. The first-order valence-electron chi connectivity index (χ1n) is 9.87. The zero-order valence-corrected chi connectivity index (χ0v) is 17.0. The van der Waals surface area contributed by atoms with Crippen molar-refractivity contribution in [2.24, 2.45) is 5.92 Å². The van der Waals surface area contributed by atoms with Gasteiger partial charge in [0.1, 0.15) is 16.9 Å². The largest absolute Gasteiger partial charge is 0.354 e. The molecule has 1 fully saturated rings. The second kappa shape index (κ2) is 8.29. The van der Waals surface area contributed by atoms with Crippen molar-refractivity contribution in [1.82, 2.24) is 9.88 Å². The molecule has 1 amide bonds. The van der Waals surface area contributed by atoms with Gasteiger partial charge in [0, 0.05) is 37.3 Å². The third kappa shape index (κ3) is 4.03. The van der Waals surface area contributed by atoms with Crippen LogP contribution in [0, 0.1) is 17.2 Å². The molecule has 3 heterocycles. The van der Waals surface area contributed by atoms with Gasteiger partial charge in [0.05, 0.1) is 12.1 Å². The fraction of sp³-hybridized carbons (Fsp3) is 0.476. The van der Waals surface area contributed by atoms with Crippen molar-refractivity contribution >= 4 is 28.1 Å². The molecule has 28 heavy (non-hydrogen) atoms. The Morgan fingerprint density at radius 1 is 1.36 bits per heavy atom. The van der Waals surface area contributed by atoms with E-state index in [1.165, 1.54) is 4.88 Å². The number of fused-ring (bicyclic) bond motifs is 1. The molecule has 1 atom stereocenters. The van der Waals surface area contributed by atoms with Gasteiger partial charge in [-0.2, -0.15) is 5.26 Å². The van der Waals surface area contributed by atoms with E-state index >= 15 is 0 Å². The highest BCUT2D eigenvalue weighted by atomic mass is 32.1. The van der Waals surface area contributed by atoms with E-state index in [0.717, 1.165) is 61.8 Å². The Kier molecular flexibility index (Phi) is 5.60. The average molecular weight is 396 g/mol. The van der Waals surface area contributed by atoms with E-state index in [0.29, 0.717) is 18.0 Å². The summed E-state index contributed by atoms with van der Waals surface area (Å²) < 4.78 is 0. The van der Waals surface area contributed by atoms with Gasteiger partial charge in [-0.3, -0.25) is 9.69 Å². The summed E-state index contributed by atoms with van der Waals surface area (Å²) >= 11 is 1.59. The number of anilines is 2. The van der Waals surface area contributed by atoms with E-state index in [-0.39, 0.29) is 5.91 Å². The van der Waals surface area contributed by atoms with Gasteiger partial charge >= 0.3 is 0 Å². The summed E-state index contributed by atoms with van der Waals surface area (Å²) in [5.41, 5.74) is 1.84. The fourth-order valence-electron chi connectivity index (χ4n) is 4.00. The average Bonchev–Trinajstić information content (AvgIpc) is 3.04. The predicted octanol–water partition coefficient (Wildman–Crippen LogP) is 2.90. The lowest BCUT2D eigenvalue weighted by atomic mass is 9.89. The lowest BCUT2D eigenvalue weighted by molar-refractivity contribution is -0.117. The maximum Gasteiger partial charge on any atom is 0.239 e. The second-order valence-electron chi connectivity index (χ2n) is 7.67. The van der Waals surface area contributed by atoms with Gasteiger partial charge in [-0.25, -0.2) is 4.98 Å². The van der Waals surface area contributed by atoms with Crippen LogP contribution in [0.2, 0.25) is 0 Å². The Morgan fingerprint density at radius 2 is 2.18 bits per heavy atom. The van der Waals surface area contributed by atoms with Gasteiger partial charge in [-0.15, -0.1) is 11.3 Å². The highest BCUT2D eigenvalue weighted by Crippen LogP contribution is 2.39. The zero-order valence-electron chi connectivity index (χ0n) is 16.1. The van der Waals surface area contributed by atoms with Crippen LogP contribution in [0.4, 0.5) is 10.8 Å². The number of nitrogens with zero attached hydrogens (tertiary/aromatic N) is 4. The van der Waals surface area contributed by atoms with Gasteiger partial charge in [-0.05, 0) is 42.9 Å². The highest BCUT2D eigenvalue weighted by molar-refractivity contribution is 7.16. The summed E-state index contributed by atoms with van der Waals surface area (Å²) in [5.74, 6) is 1.61. The Morgan fingerprint density at radius 3 is 2.89 bits per heavy atom. The fourth-order valence-corrected chi connectivity index (χ4v) is 5.38. The van der Waals surface area contributed by atoms with E-state index in [4.69, 9.17) is 0 Å². The lowest BCUT2D eigenvalue weighted by Gasteiger charge is -2.34. The number of amides is 1. The topological polar surface area (TPSA) is 72.3 Å². The molecular weight excluding hydrogens is 370 g/mol. The van der Waals surface area contributed by atoms with Crippen LogP contribution in [0.1, 0.15) is 29.3 Å². The number of thiophene rings is 1. The van der Waals surface area contributed by atoms with Crippen molar-refractivity contribution in [2.75, 3.05) is 42.9 Å². The molecule has 146 valence electrons. The minimum absolute atomic E-state index is 0.0329. The molecule has 0 radical (unpaired) electrons. The molecule has 2 aliphatic rings. The van der Waals surface area contributed by atoms with Gasteiger partial charge in [0.2, 0.25) is 5.91 Å². The molecule has 1 N–H and O–H groups in total. The Bertz CT molecular complexity index is 880. The van der Waals surface area contributed by atoms with E-state index < -0.39 is 0 Å². The molecule has 0 spiro atoms. The first-order chi connectivity index (χ1) is 13.6. The van der Waals surface area contributed by atoms with Crippen molar-refractivity contribution in [2.45, 2.75) is 26.2 Å². The molecule has 0 bridgehead atoms. The molecule has 7 heteroatoms. The first-order valence-corrected chi connectivity index (χ1v) is 10.7. The predicted molar refractivity (Wildman–Crippen MR) is 112 cm³/mol. The number of hydrogen-bond acceptors (Lipinski definition) is 6. The van der Waals surface area contributed by atoms with Crippen LogP contribution in [0.3, 0.4) is 0 Å². The van der Waals surface area contributed by atoms with Crippen LogP contribution in [0.5, 0.6) is 0 Å². The van der Waals surface area contributed by atoms with Crippen molar-refractivity contribution in [3.05, 3.63) is 40.4 Å². The number of nitriles is 1. The monoisotopic (exact) mass is 395 g/mol. The molecule has 2 aromatic heterocycles. The van der Waals surface area contributed by atoms with Gasteiger partial charge in [-0.1, -0.05) is 13.0 Å². The summed E-state index contributed by atoms with van der Waals surface area (Å²) in [7, 11) is 0. The molecule has 1 aliphatic carbocycles. The zero-order chi connectivity index (χ0) is 19.5. The Balaban J connectivity index is 1.34. The van der Waals surface area contributed by atoms with Crippen molar-refractivity contribution in [1.29, 1.82) is 5.26 Å². The molecule has 2 aromatic rings. The van der Waals surface area contributed by atoms with E-state index in [2.05, 4.69) is 33.1 Å². The number of carbonyl (C=O) groups excluding carboxylic acids is 1. The van der Waals surface area contributed by atoms with E-state index in [1.54, 1.807) is 11.3 Å². The van der Waals surface area contributed by atoms with Crippen LogP contribution in [0.25, 0.3) is 0 Å². The van der Waals surface area contributed by atoms with Crippen molar-refractivity contribution in [3.63, 3.8) is 0 Å². The Labute approximate surface area is 169 Å². The molecule has 4 rings (SSSR count). The van der Waals surface area contributed by atoms with Crippen molar-refractivity contribution in [3.8, 4) is 6.07 Å². The number of hydrogen-bond donors (Lipinski definition) is 1. The minimum Gasteiger partial charge on any atom is -0.354 e. The number of rotatable bonds is 4. The summed E-state index contributed by atoms with van der Waals surface area (Å²) in [6.45, 7) is 5.98. The standard InChI is InChI=1S/C21H25N5OS/c1-15-5-6-16-17(13-22)21(28-18(16)12-15)24-20(27)14-25-8-10-26(11-9-25)19-4-2-3-7-23-19/h2-4,7,15H,5-6,8-12,14H2,1H3,(H,24,27). The lowest BCUT2D eigenvalue weighted by Crippen LogP contribution is -2.48. The normalized spacial score (nSPS) is 19.7. The number of nitrogens with one attached hydrogen (secondary N) is 1. The van der Waals surface area contributed by atoms with Crippen molar-refractivity contribution < 1.29 is 4.79 Å². The van der Waals surface area contributed by atoms with Gasteiger partial charge in [0.15, 0.2) is 0 Å². The molecule has 6 nitrogen and oxygen atoms in total. The molecular formula is C21H25N5OS. The molecule has 0 aromatic carbocycles. The quantitative estimate of drug-likeness (QED) is 0.862. The maximum atomic E-state index is 12.6. The minimum atomic E-state index is -0.0329. The first kappa shape index (κ1) is 18.9. The van der Waals surface area contributed by atoms with Gasteiger partial charge < -0.3 is 10.2 Å². The number of pyridine rings is 1. The third-order valence-electron chi connectivity index (χ3n) is 5.59. The summed E-state index contributed by atoms with van der Waals surface area (Å²) in [6.07, 6.45) is 4.89. The van der Waals surface area contributed by atoms with Gasteiger partial charge in [0.25, 0.3) is 0 Å². The number of carbonyl (C=O) groups is 1. The van der Waals surface area contributed by atoms with Crippen LogP contribution < -0.4 is 10.2 Å². The van der Waals surface area contributed by atoms with Crippen LogP contribution in [-0.4, -0.2) is 48.5 Å². The summed E-state index contributed by atoms with van der Waals surface area (Å²) in [4.78, 5) is 22.7. The molecule has 1 unspecified atom stereocenters. The SMILES string of the molecule is CC1CCc2c(sc(NC(=O)CN3CCN(c4ccccn4)CC3)c2C#N)C1. The summed E-state index contributed by atoms with van der Waals surface area (Å²) in [5, 5.41) is 13.3. The second-order valence-corrected chi connectivity index (χ2v) is 8.77. The molecule has 0 saturated carbocycles. The molecule has 1 aliphatic heterocycles. The number of piperazine rings is 1. The van der Waals surface area contributed by atoms with Crippen LogP contribution in [-0.2, 0) is 17.6 Å².